The molecule has 1 aliphatic rings. The van der Waals surface area contributed by atoms with Crippen LogP contribution in [-0.2, 0) is 6.54 Å². The molecule has 1 aromatic rings. The summed E-state index contributed by atoms with van der Waals surface area (Å²) in [5.41, 5.74) is 2.71. The predicted octanol–water partition coefficient (Wildman–Crippen LogP) is 4.67. The molecule has 1 fully saturated rings. The highest BCUT2D eigenvalue weighted by Crippen LogP contribution is 2.28. The Morgan fingerprint density at radius 1 is 1.33 bits per heavy atom. The van der Waals surface area contributed by atoms with Crippen molar-refractivity contribution in [3.8, 4) is 0 Å². The van der Waals surface area contributed by atoms with Crippen molar-refractivity contribution in [3.05, 3.63) is 33.8 Å². The molecule has 2 atom stereocenters. The first kappa shape index (κ1) is 14.1. The predicted molar refractivity (Wildman–Crippen MR) is 81.7 cm³/mol. The minimum absolute atomic E-state index is 0.894. The van der Waals surface area contributed by atoms with Crippen molar-refractivity contribution < 1.29 is 0 Å². The van der Waals surface area contributed by atoms with Gasteiger partial charge in [0.1, 0.15) is 0 Å². The van der Waals surface area contributed by atoms with Crippen LogP contribution in [0, 0.1) is 18.8 Å². The van der Waals surface area contributed by atoms with Gasteiger partial charge in [-0.25, -0.2) is 0 Å². The third kappa shape index (κ3) is 4.10. The van der Waals surface area contributed by atoms with Crippen LogP contribution in [0.5, 0.6) is 0 Å². The van der Waals surface area contributed by atoms with Gasteiger partial charge in [-0.2, -0.15) is 0 Å². The van der Waals surface area contributed by atoms with E-state index in [4.69, 9.17) is 0 Å². The number of hydrogen-bond donors (Lipinski definition) is 1. The van der Waals surface area contributed by atoms with Gasteiger partial charge < -0.3 is 5.32 Å². The van der Waals surface area contributed by atoms with Crippen LogP contribution in [0.2, 0.25) is 0 Å². The maximum absolute atomic E-state index is 3.62. The Labute approximate surface area is 119 Å². The molecule has 1 saturated carbocycles. The van der Waals surface area contributed by atoms with E-state index in [1.807, 2.05) is 0 Å². The molecule has 1 nitrogen and oxygen atoms in total. The summed E-state index contributed by atoms with van der Waals surface area (Å²) in [4.78, 5) is 0. The molecular weight excluding hydrogens is 286 g/mol. The van der Waals surface area contributed by atoms with Crippen LogP contribution in [0.4, 0.5) is 0 Å². The Hall–Kier alpha value is -0.340. The van der Waals surface area contributed by atoms with Gasteiger partial charge in [-0.1, -0.05) is 47.8 Å². The molecule has 2 heteroatoms. The highest BCUT2D eigenvalue weighted by atomic mass is 79.9. The van der Waals surface area contributed by atoms with E-state index in [2.05, 4.69) is 53.3 Å². The van der Waals surface area contributed by atoms with Gasteiger partial charge >= 0.3 is 0 Å². The molecule has 1 aromatic carbocycles. The van der Waals surface area contributed by atoms with Crippen LogP contribution in [-0.4, -0.2) is 6.54 Å². The zero-order chi connectivity index (χ0) is 13.0. The van der Waals surface area contributed by atoms with Gasteiger partial charge in [0.25, 0.3) is 0 Å². The van der Waals surface area contributed by atoms with Crippen molar-refractivity contribution in [2.24, 2.45) is 11.8 Å². The second kappa shape index (κ2) is 6.72. The van der Waals surface area contributed by atoms with Crippen LogP contribution >= 0.6 is 15.9 Å². The number of halogens is 1. The van der Waals surface area contributed by atoms with Gasteiger partial charge in [-0.05, 0) is 55.3 Å². The number of aryl methyl sites for hydroxylation is 1. The molecule has 0 heterocycles. The lowest BCUT2D eigenvalue weighted by atomic mass is 9.82. The van der Waals surface area contributed by atoms with Crippen LogP contribution in [0.25, 0.3) is 0 Å². The van der Waals surface area contributed by atoms with E-state index in [0.29, 0.717) is 0 Å². The monoisotopic (exact) mass is 309 g/mol. The average Bonchev–Trinajstić information content (AvgIpc) is 2.34. The summed E-state index contributed by atoms with van der Waals surface area (Å²) in [7, 11) is 0. The van der Waals surface area contributed by atoms with Gasteiger partial charge in [-0.15, -0.1) is 0 Å². The van der Waals surface area contributed by atoms with Crippen molar-refractivity contribution in [1.82, 2.24) is 5.32 Å². The zero-order valence-corrected chi connectivity index (χ0v) is 13.1. The first-order valence-electron chi connectivity index (χ1n) is 7.11. The molecule has 0 radical (unpaired) electrons. The molecule has 0 aromatic heterocycles. The minimum Gasteiger partial charge on any atom is -0.312 e. The summed E-state index contributed by atoms with van der Waals surface area (Å²) in [5, 5.41) is 3.62. The largest absolute Gasteiger partial charge is 0.312 e. The number of rotatable bonds is 4. The SMILES string of the molecule is Cc1cc(CNCC2CCCC(C)C2)ccc1Br. The summed E-state index contributed by atoms with van der Waals surface area (Å²) >= 11 is 3.55. The molecule has 1 aliphatic carbocycles. The van der Waals surface area contributed by atoms with Crippen molar-refractivity contribution in [3.63, 3.8) is 0 Å². The third-order valence-electron chi connectivity index (χ3n) is 4.03. The second-order valence-electron chi connectivity index (χ2n) is 5.85. The van der Waals surface area contributed by atoms with E-state index < -0.39 is 0 Å². The van der Waals surface area contributed by atoms with Crippen LogP contribution in [0.1, 0.15) is 43.7 Å². The van der Waals surface area contributed by atoms with Gasteiger partial charge in [-0.3, -0.25) is 0 Å². The van der Waals surface area contributed by atoms with Gasteiger partial charge in [0.2, 0.25) is 0 Å². The highest BCUT2D eigenvalue weighted by molar-refractivity contribution is 9.10. The maximum Gasteiger partial charge on any atom is 0.0205 e. The summed E-state index contributed by atoms with van der Waals surface area (Å²) in [6, 6.07) is 6.61. The van der Waals surface area contributed by atoms with Gasteiger partial charge in [0.15, 0.2) is 0 Å². The quantitative estimate of drug-likeness (QED) is 0.852. The molecule has 18 heavy (non-hydrogen) atoms. The highest BCUT2D eigenvalue weighted by Gasteiger charge is 2.18. The van der Waals surface area contributed by atoms with Crippen molar-refractivity contribution in [1.29, 1.82) is 0 Å². The number of hydrogen-bond acceptors (Lipinski definition) is 1. The van der Waals surface area contributed by atoms with Crippen LogP contribution in [0.3, 0.4) is 0 Å². The lowest BCUT2D eigenvalue weighted by Crippen LogP contribution is -2.26. The Morgan fingerprint density at radius 2 is 2.17 bits per heavy atom. The normalized spacial score (nSPS) is 24.2. The molecule has 0 spiro atoms. The van der Waals surface area contributed by atoms with Crippen molar-refractivity contribution in [2.45, 2.75) is 46.1 Å². The summed E-state index contributed by atoms with van der Waals surface area (Å²) in [5.74, 6) is 1.82. The number of benzene rings is 1. The fourth-order valence-corrected chi connectivity index (χ4v) is 3.23. The molecular formula is C16H24BrN. The van der Waals surface area contributed by atoms with E-state index in [1.165, 1.54) is 47.8 Å². The summed E-state index contributed by atoms with van der Waals surface area (Å²) < 4.78 is 1.20. The molecule has 0 saturated heterocycles. The Kier molecular flexibility index (Phi) is 5.25. The fraction of sp³-hybridized carbons (Fsp3) is 0.625. The average molecular weight is 310 g/mol. The van der Waals surface area contributed by atoms with Crippen LogP contribution < -0.4 is 5.32 Å². The molecule has 0 aliphatic heterocycles. The maximum atomic E-state index is 3.62. The molecule has 0 bridgehead atoms. The molecule has 2 rings (SSSR count). The molecule has 0 amide bonds. The Morgan fingerprint density at radius 3 is 2.89 bits per heavy atom. The van der Waals surface area contributed by atoms with Crippen molar-refractivity contribution >= 4 is 15.9 Å². The Balaban J connectivity index is 1.76. The third-order valence-corrected chi connectivity index (χ3v) is 4.92. The smallest absolute Gasteiger partial charge is 0.0205 e. The summed E-state index contributed by atoms with van der Waals surface area (Å²) in [6.45, 7) is 6.72. The van der Waals surface area contributed by atoms with Gasteiger partial charge in [0.05, 0.1) is 0 Å². The van der Waals surface area contributed by atoms with E-state index in [1.54, 1.807) is 0 Å². The molecule has 1 N–H and O–H groups in total. The Bertz CT molecular complexity index is 389. The topological polar surface area (TPSA) is 12.0 Å². The van der Waals surface area contributed by atoms with E-state index in [-0.39, 0.29) is 0 Å². The number of nitrogens with one attached hydrogen (secondary N) is 1. The minimum atomic E-state index is 0.894. The first-order chi connectivity index (χ1) is 8.65. The summed E-state index contributed by atoms with van der Waals surface area (Å²) in [6.07, 6.45) is 5.68. The lowest BCUT2D eigenvalue weighted by Gasteiger charge is -2.26. The molecule has 2 unspecified atom stereocenters. The lowest BCUT2D eigenvalue weighted by molar-refractivity contribution is 0.274. The van der Waals surface area contributed by atoms with Gasteiger partial charge in [0, 0.05) is 11.0 Å². The fourth-order valence-electron chi connectivity index (χ4n) is 2.98. The second-order valence-corrected chi connectivity index (χ2v) is 6.71. The van der Waals surface area contributed by atoms with Crippen molar-refractivity contribution in [2.75, 3.05) is 6.54 Å². The standard InChI is InChI=1S/C16H24BrN/c1-12-4-3-5-14(8-12)10-18-11-15-6-7-16(17)13(2)9-15/h6-7,9,12,14,18H,3-5,8,10-11H2,1-2H3. The van der Waals surface area contributed by atoms with Crippen LogP contribution in [0.15, 0.2) is 22.7 Å². The van der Waals surface area contributed by atoms with E-state index in [0.717, 1.165) is 18.4 Å². The first-order valence-corrected chi connectivity index (χ1v) is 7.90. The zero-order valence-electron chi connectivity index (χ0n) is 11.5. The van der Waals surface area contributed by atoms with E-state index >= 15 is 0 Å². The molecule has 100 valence electrons. The van der Waals surface area contributed by atoms with E-state index in [9.17, 15) is 0 Å².